The topological polar surface area (TPSA) is 39.2 Å². The molecule has 0 saturated heterocycles. The Balaban J connectivity index is 2.07. The molecule has 0 unspecified atom stereocenters. The number of aromatic nitrogens is 1. The molecule has 0 radical (unpaired) electrons. The number of ether oxygens (including phenoxy) is 1. The number of pyridine rings is 1. The molecule has 0 N–H and O–H groups in total. The fourth-order valence-corrected chi connectivity index (χ4v) is 1.80. The number of carbonyl (C=O) groups is 1. The SMILES string of the molecule is COC(=O)c1ccc(CCc2ccccn2)c(F)c1. The largest absolute Gasteiger partial charge is 0.465 e. The summed E-state index contributed by atoms with van der Waals surface area (Å²) in [5.41, 5.74) is 1.71. The molecule has 0 fully saturated rings. The van der Waals surface area contributed by atoms with Gasteiger partial charge in [0.25, 0.3) is 0 Å². The number of hydrogen-bond acceptors (Lipinski definition) is 3. The van der Waals surface area contributed by atoms with E-state index in [9.17, 15) is 9.18 Å². The van der Waals surface area contributed by atoms with Gasteiger partial charge in [0.05, 0.1) is 12.7 Å². The monoisotopic (exact) mass is 259 g/mol. The van der Waals surface area contributed by atoms with Crippen molar-refractivity contribution in [2.75, 3.05) is 7.11 Å². The smallest absolute Gasteiger partial charge is 0.337 e. The lowest BCUT2D eigenvalue weighted by Gasteiger charge is -2.05. The summed E-state index contributed by atoms with van der Waals surface area (Å²) in [5.74, 6) is -0.922. The van der Waals surface area contributed by atoms with E-state index < -0.39 is 5.97 Å². The van der Waals surface area contributed by atoms with Gasteiger partial charge < -0.3 is 4.74 Å². The van der Waals surface area contributed by atoms with Gasteiger partial charge in [-0.2, -0.15) is 0 Å². The van der Waals surface area contributed by atoms with Gasteiger partial charge in [-0.3, -0.25) is 4.98 Å². The molecule has 2 aromatic rings. The molecular formula is C15H14FNO2. The van der Waals surface area contributed by atoms with Gasteiger partial charge in [0.15, 0.2) is 0 Å². The normalized spacial score (nSPS) is 10.2. The first-order valence-electron chi connectivity index (χ1n) is 5.97. The third-order valence-electron chi connectivity index (χ3n) is 2.85. The van der Waals surface area contributed by atoms with Gasteiger partial charge in [0, 0.05) is 11.9 Å². The quantitative estimate of drug-likeness (QED) is 0.792. The molecule has 1 aromatic heterocycles. The standard InChI is InChI=1S/C15H14FNO2/c1-19-15(18)12-6-5-11(14(16)10-12)7-8-13-4-2-3-9-17-13/h2-6,9-10H,7-8H2,1H3. The Kier molecular flexibility index (Phi) is 4.23. The zero-order valence-electron chi connectivity index (χ0n) is 10.6. The van der Waals surface area contributed by atoms with E-state index in [4.69, 9.17) is 0 Å². The van der Waals surface area contributed by atoms with Crippen LogP contribution >= 0.6 is 0 Å². The van der Waals surface area contributed by atoms with Gasteiger partial charge in [-0.15, -0.1) is 0 Å². The Hall–Kier alpha value is -2.23. The summed E-state index contributed by atoms with van der Waals surface area (Å²) in [6.07, 6.45) is 2.92. The first kappa shape index (κ1) is 13.2. The maximum atomic E-state index is 13.8. The van der Waals surface area contributed by atoms with E-state index in [1.807, 2.05) is 18.2 Å². The number of aryl methyl sites for hydroxylation is 2. The Morgan fingerprint density at radius 1 is 1.26 bits per heavy atom. The van der Waals surface area contributed by atoms with E-state index in [0.29, 0.717) is 18.4 Å². The number of rotatable bonds is 4. The van der Waals surface area contributed by atoms with Crippen molar-refractivity contribution in [3.05, 3.63) is 65.2 Å². The number of hydrogen-bond donors (Lipinski definition) is 0. The predicted octanol–water partition coefficient (Wildman–Crippen LogP) is 2.79. The minimum absolute atomic E-state index is 0.224. The van der Waals surface area contributed by atoms with Crippen LogP contribution in [0.4, 0.5) is 4.39 Å². The number of benzene rings is 1. The summed E-state index contributed by atoms with van der Waals surface area (Å²) >= 11 is 0. The van der Waals surface area contributed by atoms with Crippen molar-refractivity contribution in [1.29, 1.82) is 0 Å². The van der Waals surface area contributed by atoms with E-state index in [0.717, 1.165) is 5.69 Å². The van der Waals surface area contributed by atoms with Gasteiger partial charge in [-0.05, 0) is 42.7 Å². The van der Waals surface area contributed by atoms with E-state index in [2.05, 4.69) is 9.72 Å². The van der Waals surface area contributed by atoms with E-state index in [1.165, 1.54) is 13.2 Å². The lowest BCUT2D eigenvalue weighted by Crippen LogP contribution is -2.03. The fraction of sp³-hybridized carbons (Fsp3) is 0.200. The van der Waals surface area contributed by atoms with Crippen LogP contribution in [0, 0.1) is 5.82 Å². The fourth-order valence-electron chi connectivity index (χ4n) is 1.80. The van der Waals surface area contributed by atoms with Crippen LogP contribution < -0.4 is 0 Å². The summed E-state index contributed by atoms with van der Waals surface area (Å²) in [6, 6.07) is 10.0. The third kappa shape index (κ3) is 3.37. The minimum Gasteiger partial charge on any atom is -0.465 e. The molecule has 0 bridgehead atoms. The van der Waals surface area contributed by atoms with Crippen LogP contribution in [0.15, 0.2) is 42.6 Å². The second-order valence-corrected chi connectivity index (χ2v) is 4.12. The second-order valence-electron chi connectivity index (χ2n) is 4.12. The molecule has 98 valence electrons. The number of nitrogens with zero attached hydrogens (tertiary/aromatic N) is 1. The van der Waals surface area contributed by atoms with Crippen LogP contribution in [0.5, 0.6) is 0 Å². The first-order chi connectivity index (χ1) is 9.20. The van der Waals surface area contributed by atoms with Gasteiger partial charge in [-0.25, -0.2) is 9.18 Å². The summed E-state index contributed by atoms with van der Waals surface area (Å²) in [5, 5.41) is 0. The van der Waals surface area contributed by atoms with Crippen LogP contribution in [-0.2, 0) is 17.6 Å². The lowest BCUT2D eigenvalue weighted by atomic mass is 10.0. The highest BCUT2D eigenvalue weighted by atomic mass is 19.1. The third-order valence-corrected chi connectivity index (χ3v) is 2.85. The average molecular weight is 259 g/mol. The van der Waals surface area contributed by atoms with Crippen molar-refractivity contribution >= 4 is 5.97 Å². The van der Waals surface area contributed by atoms with Gasteiger partial charge >= 0.3 is 5.97 Å². The molecule has 0 aliphatic rings. The van der Waals surface area contributed by atoms with Crippen LogP contribution in [0.1, 0.15) is 21.6 Å². The van der Waals surface area contributed by atoms with Crippen molar-refractivity contribution in [3.8, 4) is 0 Å². The highest BCUT2D eigenvalue weighted by Gasteiger charge is 2.09. The molecule has 1 heterocycles. The first-order valence-corrected chi connectivity index (χ1v) is 5.97. The van der Waals surface area contributed by atoms with Crippen LogP contribution in [0.25, 0.3) is 0 Å². The number of carbonyl (C=O) groups excluding carboxylic acids is 1. The van der Waals surface area contributed by atoms with Crippen molar-refractivity contribution < 1.29 is 13.9 Å². The zero-order valence-corrected chi connectivity index (χ0v) is 10.6. The summed E-state index contributed by atoms with van der Waals surface area (Å²) in [7, 11) is 1.27. The molecule has 19 heavy (non-hydrogen) atoms. The maximum Gasteiger partial charge on any atom is 0.337 e. The molecule has 0 atom stereocenters. The van der Waals surface area contributed by atoms with Crippen molar-refractivity contribution in [2.24, 2.45) is 0 Å². The highest BCUT2D eigenvalue weighted by molar-refractivity contribution is 5.89. The van der Waals surface area contributed by atoms with Crippen LogP contribution in [0.3, 0.4) is 0 Å². The summed E-state index contributed by atoms with van der Waals surface area (Å²) < 4.78 is 18.4. The molecule has 4 heteroatoms. The molecule has 0 saturated carbocycles. The van der Waals surface area contributed by atoms with Gasteiger partial charge in [0.2, 0.25) is 0 Å². The van der Waals surface area contributed by atoms with E-state index >= 15 is 0 Å². The minimum atomic E-state index is -0.532. The molecule has 3 nitrogen and oxygen atoms in total. The Bertz CT molecular complexity index is 570. The van der Waals surface area contributed by atoms with Crippen LogP contribution in [-0.4, -0.2) is 18.1 Å². The molecule has 0 aliphatic carbocycles. The van der Waals surface area contributed by atoms with Gasteiger partial charge in [0.1, 0.15) is 5.82 Å². The zero-order chi connectivity index (χ0) is 13.7. The van der Waals surface area contributed by atoms with E-state index in [1.54, 1.807) is 18.3 Å². The Morgan fingerprint density at radius 2 is 2.11 bits per heavy atom. The predicted molar refractivity (Wildman–Crippen MR) is 69.4 cm³/mol. The van der Waals surface area contributed by atoms with Crippen LogP contribution in [0.2, 0.25) is 0 Å². The van der Waals surface area contributed by atoms with Crippen molar-refractivity contribution in [1.82, 2.24) is 4.98 Å². The average Bonchev–Trinajstić information content (AvgIpc) is 2.46. The number of halogens is 1. The Labute approximate surface area is 111 Å². The summed E-state index contributed by atoms with van der Waals surface area (Å²) in [6.45, 7) is 0. The number of esters is 1. The molecule has 0 amide bonds. The lowest BCUT2D eigenvalue weighted by molar-refractivity contribution is 0.0600. The highest BCUT2D eigenvalue weighted by Crippen LogP contribution is 2.13. The number of methoxy groups -OCH3 is 1. The molecular weight excluding hydrogens is 245 g/mol. The van der Waals surface area contributed by atoms with E-state index in [-0.39, 0.29) is 11.4 Å². The summed E-state index contributed by atoms with van der Waals surface area (Å²) in [4.78, 5) is 15.4. The van der Waals surface area contributed by atoms with Crippen molar-refractivity contribution in [3.63, 3.8) is 0 Å². The van der Waals surface area contributed by atoms with Crippen molar-refractivity contribution in [2.45, 2.75) is 12.8 Å². The molecule has 1 aromatic carbocycles. The molecule has 0 aliphatic heterocycles. The molecule has 0 spiro atoms. The second kappa shape index (κ2) is 6.09. The molecule has 2 rings (SSSR count). The van der Waals surface area contributed by atoms with Gasteiger partial charge in [-0.1, -0.05) is 12.1 Å². The Morgan fingerprint density at radius 3 is 2.74 bits per heavy atom. The maximum absolute atomic E-state index is 13.8.